The molecular formula is C21H20N6O4S. The van der Waals surface area contributed by atoms with E-state index >= 15 is 0 Å². The first kappa shape index (κ1) is 21.4. The normalized spacial score (nSPS) is 10.9. The number of hydrogen-bond acceptors (Lipinski definition) is 8. The molecule has 4 aromatic rings. The molecular weight excluding hydrogens is 432 g/mol. The van der Waals surface area contributed by atoms with Crippen LogP contribution in [0, 0.1) is 6.92 Å². The van der Waals surface area contributed by atoms with Crippen molar-refractivity contribution in [1.29, 1.82) is 0 Å². The Bertz CT molecular complexity index is 1350. The number of nitrogens with zero attached hydrogens (tertiary/aromatic N) is 5. The maximum atomic E-state index is 12.6. The second kappa shape index (κ2) is 9.10. The van der Waals surface area contributed by atoms with E-state index in [1.807, 2.05) is 36.6 Å². The Balaban J connectivity index is 1.52. The van der Waals surface area contributed by atoms with Crippen LogP contribution in [-0.4, -0.2) is 30.4 Å². The molecule has 1 amide bonds. The standard InChI is InChI=1S/C21H20N6O4S/c1-13-5-7-14(8-6-13)27-21(30)26(2)20(29)18(24-27)19-23-17(31-25-19)10-9-16(28)22-12-15-4-3-11-32-15/h3-8,11H,9-10,12H2,1-2H3,(H,22,28). The van der Waals surface area contributed by atoms with E-state index in [1.165, 1.54) is 7.05 Å². The first-order valence-corrected chi connectivity index (χ1v) is 10.7. The smallest absolute Gasteiger partial charge is 0.351 e. The second-order valence-corrected chi connectivity index (χ2v) is 8.14. The van der Waals surface area contributed by atoms with Crippen molar-refractivity contribution in [3.63, 3.8) is 0 Å². The molecule has 11 heteroatoms. The largest absolute Gasteiger partial charge is 0.351 e. The molecule has 3 heterocycles. The molecule has 0 aliphatic carbocycles. The maximum absolute atomic E-state index is 12.6. The molecule has 0 fully saturated rings. The SMILES string of the molecule is Cc1ccc(-n2nc(-c3noc(CCC(=O)NCc4cccs4)n3)c(=O)n(C)c2=O)cc1. The van der Waals surface area contributed by atoms with Gasteiger partial charge in [0.25, 0.3) is 5.56 Å². The Morgan fingerprint density at radius 1 is 1.19 bits per heavy atom. The molecule has 4 rings (SSSR count). The van der Waals surface area contributed by atoms with Gasteiger partial charge in [0.15, 0.2) is 5.69 Å². The molecule has 0 unspecified atom stereocenters. The van der Waals surface area contributed by atoms with Crippen molar-refractivity contribution in [3.05, 3.63) is 78.9 Å². The number of benzene rings is 1. The molecule has 0 saturated heterocycles. The van der Waals surface area contributed by atoms with Crippen molar-refractivity contribution in [2.45, 2.75) is 26.3 Å². The van der Waals surface area contributed by atoms with Crippen LogP contribution in [-0.2, 0) is 24.8 Å². The van der Waals surface area contributed by atoms with Crippen LogP contribution in [0.1, 0.15) is 22.8 Å². The topological polar surface area (TPSA) is 125 Å². The minimum atomic E-state index is -0.639. The van der Waals surface area contributed by atoms with Gasteiger partial charge in [-0.25, -0.2) is 4.79 Å². The van der Waals surface area contributed by atoms with Gasteiger partial charge in [0, 0.05) is 24.8 Å². The molecule has 0 saturated carbocycles. The van der Waals surface area contributed by atoms with Gasteiger partial charge in [0.1, 0.15) is 0 Å². The average molecular weight is 452 g/mol. The van der Waals surface area contributed by atoms with Crippen LogP contribution < -0.4 is 16.6 Å². The fourth-order valence-corrected chi connectivity index (χ4v) is 3.57. The number of amides is 1. The zero-order valence-corrected chi connectivity index (χ0v) is 18.3. The predicted molar refractivity (Wildman–Crippen MR) is 118 cm³/mol. The molecule has 164 valence electrons. The number of hydrogen-bond donors (Lipinski definition) is 1. The van der Waals surface area contributed by atoms with Crippen LogP contribution in [0.25, 0.3) is 17.2 Å². The summed E-state index contributed by atoms with van der Waals surface area (Å²) in [6.45, 7) is 2.39. The van der Waals surface area contributed by atoms with Gasteiger partial charge in [0.2, 0.25) is 17.6 Å². The molecule has 0 atom stereocenters. The number of nitrogens with one attached hydrogen (secondary N) is 1. The summed E-state index contributed by atoms with van der Waals surface area (Å²) in [7, 11) is 1.36. The average Bonchev–Trinajstić information content (AvgIpc) is 3.48. The molecule has 1 N–H and O–H groups in total. The quantitative estimate of drug-likeness (QED) is 0.451. The Morgan fingerprint density at radius 3 is 2.69 bits per heavy atom. The van der Waals surface area contributed by atoms with Crippen molar-refractivity contribution in [2.75, 3.05) is 0 Å². The number of aromatic nitrogens is 5. The summed E-state index contributed by atoms with van der Waals surface area (Å²) in [5, 5.41) is 12.8. The number of aryl methyl sites for hydroxylation is 2. The Labute approximate surface area is 186 Å². The first-order chi connectivity index (χ1) is 15.4. The van der Waals surface area contributed by atoms with Gasteiger partial charge in [0.05, 0.1) is 12.2 Å². The third-order valence-corrected chi connectivity index (χ3v) is 5.62. The van der Waals surface area contributed by atoms with Crippen molar-refractivity contribution >= 4 is 17.2 Å². The number of carbonyl (C=O) groups excluding carboxylic acids is 1. The summed E-state index contributed by atoms with van der Waals surface area (Å²) in [5.41, 5.74) is 0.176. The van der Waals surface area contributed by atoms with Crippen molar-refractivity contribution < 1.29 is 9.32 Å². The zero-order valence-electron chi connectivity index (χ0n) is 17.4. The second-order valence-electron chi connectivity index (χ2n) is 7.11. The van der Waals surface area contributed by atoms with Crippen molar-refractivity contribution in [1.82, 2.24) is 29.8 Å². The molecule has 32 heavy (non-hydrogen) atoms. The molecule has 0 radical (unpaired) electrons. The van der Waals surface area contributed by atoms with Crippen LogP contribution in [0.15, 0.2) is 55.9 Å². The summed E-state index contributed by atoms with van der Waals surface area (Å²) in [6.07, 6.45) is 0.364. The van der Waals surface area contributed by atoms with Gasteiger partial charge < -0.3 is 9.84 Å². The summed E-state index contributed by atoms with van der Waals surface area (Å²) < 4.78 is 7.25. The lowest BCUT2D eigenvalue weighted by Gasteiger charge is -2.08. The highest BCUT2D eigenvalue weighted by Gasteiger charge is 2.19. The lowest BCUT2D eigenvalue weighted by Crippen LogP contribution is -2.40. The van der Waals surface area contributed by atoms with E-state index in [2.05, 4.69) is 20.6 Å². The van der Waals surface area contributed by atoms with Gasteiger partial charge in [-0.3, -0.25) is 14.2 Å². The Morgan fingerprint density at radius 2 is 1.97 bits per heavy atom. The molecule has 0 bridgehead atoms. The first-order valence-electron chi connectivity index (χ1n) is 9.82. The minimum absolute atomic E-state index is 0.0412. The molecule has 0 aliphatic rings. The maximum Gasteiger partial charge on any atom is 0.351 e. The van der Waals surface area contributed by atoms with Crippen LogP contribution in [0.4, 0.5) is 0 Å². The fourth-order valence-electron chi connectivity index (χ4n) is 2.93. The van der Waals surface area contributed by atoms with Crippen LogP contribution >= 0.6 is 11.3 Å². The Hall–Kier alpha value is -3.86. The highest BCUT2D eigenvalue weighted by Crippen LogP contribution is 2.12. The highest BCUT2D eigenvalue weighted by atomic mass is 32.1. The van der Waals surface area contributed by atoms with Crippen LogP contribution in [0.5, 0.6) is 0 Å². The van der Waals surface area contributed by atoms with E-state index in [0.717, 1.165) is 19.7 Å². The number of rotatable bonds is 7. The molecule has 1 aromatic carbocycles. The van der Waals surface area contributed by atoms with Crippen LogP contribution in [0.2, 0.25) is 0 Å². The molecule has 0 aliphatic heterocycles. The summed E-state index contributed by atoms with van der Waals surface area (Å²) in [6, 6.07) is 11.0. The van der Waals surface area contributed by atoms with Gasteiger partial charge in [-0.1, -0.05) is 28.9 Å². The Kier molecular flexibility index (Phi) is 6.08. The van der Waals surface area contributed by atoms with Crippen LogP contribution in [0.3, 0.4) is 0 Å². The van der Waals surface area contributed by atoms with Crippen molar-refractivity contribution in [3.8, 4) is 17.2 Å². The fraction of sp³-hybridized carbons (Fsp3) is 0.238. The number of carbonyl (C=O) groups is 1. The summed E-state index contributed by atoms with van der Waals surface area (Å²) in [4.78, 5) is 42.5. The molecule has 3 aromatic heterocycles. The van der Waals surface area contributed by atoms with E-state index in [4.69, 9.17) is 4.52 Å². The van der Waals surface area contributed by atoms with Gasteiger partial charge >= 0.3 is 5.69 Å². The highest BCUT2D eigenvalue weighted by molar-refractivity contribution is 7.09. The van der Waals surface area contributed by atoms with Gasteiger partial charge in [-0.05, 0) is 30.5 Å². The third-order valence-electron chi connectivity index (χ3n) is 4.74. The predicted octanol–water partition coefficient (Wildman–Crippen LogP) is 1.60. The summed E-state index contributed by atoms with van der Waals surface area (Å²) in [5.74, 6) is 0.00350. The zero-order chi connectivity index (χ0) is 22.7. The van der Waals surface area contributed by atoms with Gasteiger partial charge in [-0.2, -0.15) is 14.8 Å². The van der Waals surface area contributed by atoms with E-state index in [0.29, 0.717) is 12.2 Å². The lowest BCUT2D eigenvalue weighted by molar-refractivity contribution is -0.121. The minimum Gasteiger partial charge on any atom is -0.351 e. The van der Waals surface area contributed by atoms with E-state index < -0.39 is 11.2 Å². The monoisotopic (exact) mass is 452 g/mol. The molecule has 10 nitrogen and oxygen atoms in total. The lowest BCUT2D eigenvalue weighted by atomic mass is 10.2. The number of thiophene rings is 1. The van der Waals surface area contributed by atoms with Crippen molar-refractivity contribution in [2.24, 2.45) is 7.05 Å². The molecule has 0 spiro atoms. The van der Waals surface area contributed by atoms with Gasteiger partial charge in [-0.15, -0.1) is 11.3 Å². The third kappa shape index (κ3) is 4.57. The van der Waals surface area contributed by atoms with E-state index in [-0.39, 0.29) is 36.2 Å². The summed E-state index contributed by atoms with van der Waals surface area (Å²) >= 11 is 1.57. The van der Waals surface area contributed by atoms with E-state index in [1.54, 1.807) is 23.5 Å². The van der Waals surface area contributed by atoms with E-state index in [9.17, 15) is 14.4 Å².